The highest BCUT2D eigenvalue weighted by molar-refractivity contribution is 5.23. The van der Waals surface area contributed by atoms with Crippen molar-refractivity contribution in [2.75, 3.05) is 0 Å². The van der Waals surface area contributed by atoms with Crippen LogP contribution in [0, 0.1) is 11.8 Å². The summed E-state index contributed by atoms with van der Waals surface area (Å²) < 4.78 is 0. The molecule has 0 saturated carbocycles. The Morgan fingerprint density at radius 2 is 2.14 bits per heavy atom. The second kappa shape index (κ2) is 4.89. The molecule has 0 amide bonds. The van der Waals surface area contributed by atoms with E-state index in [-0.39, 0.29) is 0 Å². The number of nitrogens with two attached hydrogens (primary N) is 1. The highest BCUT2D eigenvalue weighted by Crippen LogP contribution is 2.23. The van der Waals surface area contributed by atoms with Crippen LogP contribution >= 0.6 is 0 Å². The molecule has 0 fully saturated rings. The number of rotatable bonds is 3. The Hall–Kier alpha value is -1.18. The zero-order valence-electron chi connectivity index (χ0n) is 9.20. The van der Waals surface area contributed by atoms with Crippen LogP contribution in [0.25, 0.3) is 0 Å². The monoisotopic (exact) mass is 192 g/mol. The fourth-order valence-corrected chi connectivity index (χ4v) is 1.70. The Bertz CT molecular complexity index is 261. The van der Waals surface area contributed by atoms with Gasteiger partial charge in [-0.3, -0.25) is 0 Å². The molecule has 3 N–H and O–H groups in total. The van der Waals surface area contributed by atoms with Crippen LogP contribution in [0.5, 0.6) is 0 Å². The van der Waals surface area contributed by atoms with Crippen molar-refractivity contribution < 1.29 is 0 Å². The van der Waals surface area contributed by atoms with Gasteiger partial charge >= 0.3 is 0 Å². The molecule has 14 heavy (non-hydrogen) atoms. The van der Waals surface area contributed by atoms with Gasteiger partial charge in [0.2, 0.25) is 0 Å². The first-order chi connectivity index (χ1) is 6.69. The summed E-state index contributed by atoms with van der Waals surface area (Å²) in [6.07, 6.45) is 10.2. The molecule has 2 nitrogen and oxygen atoms in total. The van der Waals surface area contributed by atoms with Gasteiger partial charge < -0.3 is 11.1 Å². The Labute approximate surface area is 86.6 Å². The van der Waals surface area contributed by atoms with Gasteiger partial charge in [0.25, 0.3) is 0 Å². The van der Waals surface area contributed by atoms with Crippen LogP contribution in [0.3, 0.4) is 0 Å². The Balaban J connectivity index is 2.76. The van der Waals surface area contributed by atoms with Gasteiger partial charge in [-0.1, -0.05) is 32.1 Å². The Morgan fingerprint density at radius 1 is 1.43 bits per heavy atom. The lowest BCUT2D eigenvalue weighted by atomic mass is 10.0. The van der Waals surface area contributed by atoms with Crippen molar-refractivity contribution in [2.45, 2.75) is 26.8 Å². The molecule has 0 spiro atoms. The molecule has 2 atom stereocenters. The van der Waals surface area contributed by atoms with Crippen molar-refractivity contribution >= 4 is 0 Å². The van der Waals surface area contributed by atoms with Gasteiger partial charge in [-0.25, -0.2) is 0 Å². The molecule has 1 aliphatic rings. The minimum absolute atomic E-state index is 0.327. The maximum Gasteiger partial charge on any atom is 0.0556 e. The first kappa shape index (κ1) is 10.9. The molecule has 0 aliphatic carbocycles. The van der Waals surface area contributed by atoms with Crippen molar-refractivity contribution in [3.63, 3.8) is 0 Å². The van der Waals surface area contributed by atoms with Crippen molar-refractivity contribution in [3.8, 4) is 0 Å². The summed E-state index contributed by atoms with van der Waals surface area (Å²) in [7, 11) is 0. The van der Waals surface area contributed by atoms with Crippen molar-refractivity contribution in [2.24, 2.45) is 17.6 Å². The molecule has 1 heterocycles. The number of hydrogen-bond acceptors (Lipinski definition) is 2. The van der Waals surface area contributed by atoms with Gasteiger partial charge in [-0.15, -0.1) is 0 Å². The smallest absolute Gasteiger partial charge is 0.0556 e. The highest BCUT2D eigenvalue weighted by Gasteiger charge is 2.23. The summed E-state index contributed by atoms with van der Waals surface area (Å²) in [5.74, 6) is 0.996. The first-order valence-electron chi connectivity index (χ1n) is 5.18. The van der Waals surface area contributed by atoms with E-state index in [4.69, 9.17) is 5.73 Å². The SMILES string of the molecule is C/C=C\C1C=C(C(C)C)NC1/C=C\N. The van der Waals surface area contributed by atoms with Gasteiger partial charge in [0.1, 0.15) is 0 Å². The van der Waals surface area contributed by atoms with Crippen LogP contribution in [0.15, 0.2) is 36.2 Å². The average molecular weight is 192 g/mol. The predicted octanol–water partition coefficient (Wildman–Crippen LogP) is 2.16. The summed E-state index contributed by atoms with van der Waals surface area (Å²) in [5, 5.41) is 3.47. The molecule has 0 bridgehead atoms. The minimum atomic E-state index is 0.327. The molecule has 0 radical (unpaired) electrons. The molecule has 0 aromatic rings. The second-order valence-corrected chi connectivity index (χ2v) is 3.93. The summed E-state index contributed by atoms with van der Waals surface area (Å²) in [5.41, 5.74) is 6.74. The first-order valence-corrected chi connectivity index (χ1v) is 5.18. The summed E-state index contributed by atoms with van der Waals surface area (Å²) in [4.78, 5) is 0. The fourth-order valence-electron chi connectivity index (χ4n) is 1.70. The zero-order chi connectivity index (χ0) is 10.6. The summed E-state index contributed by atoms with van der Waals surface area (Å²) in [6, 6.07) is 0.327. The van der Waals surface area contributed by atoms with Gasteiger partial charge in [0, 0.05) is 11.6 Å². The molecule has 1 rings (SSSR count). The third-order valence-electron chi connectivity index (χ3n) is 2.48. The molecule has 0 aromatic carbocycles. The van der Waals surface area contributed by atoms with E-state index in [9.17, 15) is 0 Å². The summed E-state index contributed by atoms with van der Waals surface area (Å²) >= 11 is 0. The molecule has 78 valence electrons. The normalized spacial score (nSPS) is 27.6. The maximum absolute atomic E-state index is 5.42. The van der Waals surface area contributed by atoms with Crippen molar-refractivity contribution in [3.05, 3.63) is 36.2 Å². The molecule has 2 unspecified atom stereocenters. The average Bonchev–Trinajstić information content (AvgIpc) is 2.50. The number of allylic oxidation sites excluding steroid dienone is 2. The topological polar surface area (TPSA) is 38.0 Å². The van der Waals surface area contributed by atoms with Gasteiger partial charge in [0.15, 0.2) is 0 Å². The molecule has 0 saturated heterocycles. The lowest BCUT2D eigenvalue weighted by Gasteiger charge is -2.14. The van der Waals surface area contributed by atoms with E-state index in [0.29, 0.717) is 17.9 Å². The van der Waals surface area contributed by atoms with E-state index >= 15 is 0 Å². The van der Waals surface area contributed by atoms with Gasteiger partial charge in [-0.05, 0) is 25.1 Å². The minimum Gasteiger partial charge on any atom is -0.405 e. The highest BCUT2D eigenvalue weighted by atomic mass is 15.0. The predicted molar refractivity (Wildman–Crippen MR) is 61.5 cm³/mol. The van der Waals surface area contributed by atoms with E-state index < -0.39 is 0 Å². The van der Waals surface area contributed by atoms with Gasteiger partial charge in [0.05, 0.1) is 6.04 Å². The van der Waals surface area contributed by atoms with E-state index in [1.807, 2.05) is 13.0 Å². The van der Waals surface area contributed by atoms with Gasteiger partial charge in [-0.2, -0.15) is 0 Å². The van der Waals surface area contributed by atoms with E-state index in [1.54, 1.807) is 6.20 Å². The van der Waals surface area contributed by atoms with Crippen LogP contribution in [0.4, 0.5) is 0 Å². The van der Waals surface area contributed by atoms with E-state index in [2.05, 4.69) is 37.4 Å². The molecule has 1 aliphatic heterocycles. The molecular weight excluding hydrogens is 172 g/mol. The maximum atomic E-state index is 5.42. The molecule has 2 heteroatoms. The lowest BCUT2D eigenvalue weighted by Crippen LogP contribution is -2.27. The summed E-state index contributed by atoms with van der Waals surface area (Å²) in [6.45, 7) is 6.44. The van der Waals surface area contributed by atoms with E-state index in [1.165, 1.54) is 5.70 Å². The third-order valence-corrected chi connectivity index (χ3v) is 2.48. The Kier molecular flexibility index (Phi) is 3.81. The zero-order valence-corrected chi connectivity index (χ0v) is 9.20. The van der Waals surface area contributed by atoms with Crippen molar-refractivity contribution in [1.82, 2.24) is 5.32 Å². The van der Waals surface area contributed by atoms with Crippen LogP contribution < -0.4 is 11.1 Å². The quantitative estimate of drug-likeness (QED) is 0.672. The third kappa shape index (κ3) is 2.41. The Morgan fingerprint density at radius 3 is 2.64 bits per heavy atom. The molecular formula is C12H20N2. The number of nitrogens with one attached hydrogen (secondary N) is 1. The van der Waals surface area contributed by atoms with Crippen LogP contribution in [0.2, 0.25) is 0 Å². The van der Waals surface area contributed by atoms with Crippen LogP contribution in [-0.2, 0) is 0 Å². The molecule has 0 aromatic heterocycles. The van der Waals surface area contributed by atoms with Crippen molar-refractivity contribution in [1.29, 1.82) is 0 Å². The van der Waals surface area contributed by atoms with Crippen LogP contribution in [-0.4, -0.2) is 6.04 Å². The second-order valence-electron chi connectivity index (χ2n) is 3.93. The lowest BCUT2D eigenvalue weighted by molar-refractivity contribution is 0.602. The fraction of sp³-hybridized carbons (Fsp3) is 0.500. The standard InChI is InChI=1S/C12H20N2/c1-4-5-10-8-12(9(2)3)14-11(10)6-7-13/h4-11,14H,13H2,1-3H3/b5-4-,7-6-. The number of hydrogen-bond donors (Lipinski definition) is 2. The largest absolute Gasteiger partial charge is 0.405 e. The van der Waals surface area contributed by atoms with E-state index in [0.717, 1.165) is 0 Å². The van der Waals surface area contributed by atoms with Crippen LogP contribution in [0.1, 0.15) is 20.8 Å².